The molecular weight excluding hydrogens is 296 g/mol. The number of hydrogen-bond donors (Lipinski definition) is 1. The molecule has 1 aromatic rings. The van der Waals surface area contributed by atoms with Crippen LogP contribution in [-0.4, -0.2) is 33.8 Å². The number of hydrogen-bond acceptors (Lipinski definition) is 5. The SMILES string of the molecule is CCCCNC(=O)/C(C#N)=C\c1cc(OC)c(OC)c(OC)c1. The average molecular weight is 318 g/mol. The molecule has 1 aromatic carbocycles. The fraction of sp³-hybridized carbons (Fsp3) is 0.412. The second-order valence-electron chi connectivity index (χ2n) is 4.74. The third-order valence-electron chi connectivity index (χ3n) is 3.18. The van der Waals surface area contributed by atoms with Gasteiger partial charge < -0.3 is 19.5 Å². The highest BCUT2D eigenvalue weighted by atomic mass is 16.5. The molecule has 6 heteroatoms. The number of methoxy groups -OCH3 is 3. The van der Waals surface area contributed by atoms with Crippen LogP contribution in [0.5, 0.6) is 17.2 Å². The van der Waals surface area contributed by atoms with E-state index < -0.39 is 5.91 Å². The highest BCUT2D eigenvalue weighted by molar-refractivity contribution is 6.01. The van der Waals surface area contributed by atoms with Crippen molar-refractivity contribution < 1.29 is 19.0 Å². The molecular formula is C17H22N2O4. The molecule has 0 aliphatic carbocycles. The molecule has 0 radical (unpaired) electrons. The van der Waals surface area contributed by atoms with Gasteiger partial charge >= 0.3 is 0 Å². The predicted octanol–water partition coefficient (Wildman–Crippen LogP) is 2.54. The van der Waals surface area contributed by atoms with Gasteiger partial charge in [-0.15, -0.1) is 0 Å². The molecule has 6 nitrogen and oxygen atoms in total. The zero-order chi connectivity index (χ0) is 17.2. The molecule has 23 heavy (non-hydrogen) atoms. The first kappa shape index (κ1) is 18.4. The van der Waals surface area contributed by atoms with Gasteiger partial charge in [0.2, 0.25) is 5.75 Å². The first-order valence-corrected chi connectivity index (χ1v) is 7.31. The number of rotatable bonds is 8. The lowest BCUT2D eigenvalue weighted by molar-refractivity contribution is -0.117. The second kappa shape index (κ2) is 9.36. The summed E-state index contributed by atoms with van der Waals surface area (Å²) in [5, 5.41) is 11.9. The van der Waals surface area contributed by atoms with Crippen LogP contribution < -0.4 is 19.5 Å². The number of carbonyl (C=O) groups is 1. The van der Waals surface area contributed by atoms with Gasteiger partial charge in [-0.3, -0.25) is 4.79 Å². The van der Waals surface area contributed by atoms with Crippen LogP contribution >= 0.6 is 0 Å². The highest BCUT2D eigenvalue weighted by Gasteiger charge is 2.14. The summed E-state index contributed by atoms with van der Waals surface area (Å²) in [7, 11) is 4.53. The van der Waals surface area contributed by atoms with Crippen LogP contribution in [0.3, 0.4) is 0 Å². The van der Waals surface area contributed by atoms with Crippen molar-refractivity contribution in [2.24, 2.45) is 0 Å². The summed E-state index contributed by atoms with van der Waals surface area (Å²) < 4.78 is 15.8. The van der Waals surface area contributed by atoms with Crippen molar-refractivity contribution in [2.45, 2.75) is 19.8 Å². The van der Waals surface area contributed by atoms with Gasteiger partial charge in [-0.25, -0.2) is 0 Å². The van der Waals surface area contributed by atoms with Crippen molar-refractivity contribution in [3.05, 3.63) is 23.3 Å². The Kier molecular flexibility index (Phi) is 7.48. The molecule has 0 aliphatic heterocycles. The summed E-state index contributed by atoms with van der Waals surface area (Å²) >= 11 is 0. The Morgan fingerprint density at radius 3 is 2.26 bits per heavy atom. The summed E-state index contributed by atoms with van der Waals surface area (Å²) in [5.41, 5.74) is 0.636. The van der Waals surface area contributed by atoms with Crippen molar-refractivity contribution in [3.8, 4) is 23.3 Å². The quantitative estimate of drug-likeness (QED) is 0.452. The Balaban J connectivity index is 3.13. The van der Waals surface area contributed by atoms with Crippen LogP contribution in [0.25, 0.3) is 6.08 Å². The number of ether oxygens (including phenoxy) is 3. The Hall–Kier alpha value is -2.68. The summed E-state index contributed by atoms with van der Waals surface area (Å²) in [5.74, 6) is 0.983. The number of unbranched alkanes of at least 4 members (excludes halogenated alkanes) is 1. The van der Waals surface area contributed by atoms with Crippen molar-refractivity contribution in [3.63, 3.8) is 0 Å². The normalized spacial score (nSPS) is 10.7. The first-order chi connectivity index (χ1) is 11.1. The molecule has 0 saturated heterocycles. The maximum absolute atomic E-state index is 12.0. The van der Waals surface area contributed by atoms with E-state index in [-0.39, 0.29) is 5.57 Å². The van der Waals surface area contributed by atoms with Crippen molar-refractivity contribution >= 4 is 12.0 Å². The maximum atomic E-state index is 12.0. The molecule has 0 unspecified atom stereocenters. The lowest BCUT2D eigenvalue weighted by Gasteiger charge is -2.13. The maximum Gasteiger partial charge on any atom is 0.261 e. The third-order valence-corrected chi connectivity index (χ3v) is 3.18. The van der Waals surface area contributed by atoms with E-state index >= 15 is 0 Å². The van der Waals surface area contributed by atoms with E-state index in [4.69, 9.17) is 14.2 Å². The molecule has 0 spiro atoms. The average Bonchev–Trinajstić information content (AvgIpc) is 2.58. The summed E-state index contributed by atoms with van der Waals surface area (Å²) in [4.78, 5) is 12.0. The van der Waals surface area contributed by atoms with Gasteiger partial charge in [0.1, 0.15) is 11.6 Å². The van der Waals surface area contributed by atoms with E-state index in [1.54, 1.807) is 12.1 Å². The highest BCUT2D eigenvalue weighted by Crippen LogP contribution is 2.38. The number of nitrogens with zero attached hydrogens (tertiary/aromatic N) is 1. The van der Waals surface area contributed by atoms with Crippen LogP contribution in [0.1, 0.15) is 25.3 Å². The van der Waals surface area contributed by atoms with Crippen LogP contribution in [0, 0.1) is 11.3 Å². The first-order valence-electron chi connectivity index (χ1n) is 7.31. The van der Waals surface area contributed by atoms with Crippen LogP contribution in [0.4, 0.5) is 0 Å². The molecule has 1 amide bonds. The summed E-state index contributed by atoms with van der Waals surface area (Å²) in [6.07, 6.45) is 3.33. The standard InChI is InChI=1S/C17H22N2O4/c1-5-6-7-19-17(20)13(11-18)8-12-9-14(21-2)16(23-4)15(10-12)22-3/h8-10H,5-7H2,1-4H3,(H,19,20)/b13-8-. The fourth-order valence-electron chi connectivity index (χ4n) is 1.97. The molecule has 1 N–H and O–H groups in total. The summed E-state index contributed by atoms with van der Waals surface area (Å²) in [6, 6.07) is 5.27. The predicted molar refractivity (Wildman–Crippen MR) is 87.6 cm³/mol. The number of benzene rings is 1. The van der Waals surface area contributed by atoms with Crippen LogP contribution in [0.2, 0.25) is 0 Å². The largest absolute Gasteiger partial charge is 0.493 e. The zero-order valence-electron chi connectivity index (χ0n) is 13.9. The molecule has 0 aliphatic rings. The van der Waals surface area contributed by atoms with E-state index in [0.29, 0.717) is 29.4 Å². The number of carbonyl (C=O) groups excluding carboxylic acids is 1. The lowest BCUT2D eigenvalue weighted by Crippen LogP contribution is -2.25. The van der Waals surface area contributed by atoms with E-state index in [2.05, 4.69) is 5.32 Å². The molecule has 0 saturated carbocycles. The van der Waals surface area contributed by atoms with Gasteiger partial charge in [-0.1, -0.05) is 13.3 Å². The molecule has 0 atom stereocenters. The van der Waals surface area contributed by atoms with Gasteiger partial charge in [0, 0.05) is 6.54 Å². The van der Waals surface area contributed by atoms with E-state index in [1.165, 1.54) is 27.4 Å². The van der Waals surface area contributed by atoms with Crippen molar-refractivity contribution in [1.29, 1.82) is 5.26 Å². The van der Waals surface area contributed by atoms with Crippen LogP contribution in [0.15, 0.2) is 17.7 Å². The molecule has 0 aromatic heterocycles. The van der Waals surface area contributed by atoms with E-state index in [9.17, 15) is 10.1 Å². The topological polar surface area (TPSA) is 80.6 Å². The van der Waals surface area contributed by atoms with Gasteiger partial charge in [-0.05, 0) is 30.2 Å². The molecule has 124 valence electrons. The monoisotopic (exact) mass is 318 g/mol. The third kappa shape index (κ3) is 4.92. The second-order valence-corrected chi connectivity index (χ2v) is 4.74. The number of nitrogens with one attached hydrogen (secondary N) is 1. The minimum Gasteiger partial charge on any atom is -0.493 e. The Bertz CT molecular complexity index is 593. The number of amides is 1. The number of nitriles is 1. The Morgan fingerprint density at radius 1 is 1.22 bits per heavy atom. The minimum atomic E-state index is -0.394. The smallest absolute Gasteiger partial charge is 0.261 e. The molecule has 1 rings (SSSR count). The van der Waals surface area contributed by atoms with Gasteiger partial charge in [0.25, 0.3) is 5.91 Å². The Morgan fingerprint density at radius 2 is 1.83 bits per heavy atom. The van der Waals surface area contributed by atoms with Crippen molar-refractivity contribution in [2.75, 3.05) is 27.9 Å². The molecule has 0 bridgehead atoms. The Labute approximate surface area is 136 Å². The molecule has 0 heterocycles. The fourth-order valence-corrected chi connectivity index (χ4v) is 1.97. The van der Waals surface area contributed by atoms with E-state index in [0.717, 1.165) is 12.8 Å². The van der Waals surface area contributed by atoms with Gasteiger partial charge in [-0.2, -0.15) is 5.26 Å². The molecule has 0 fully saturated rings. The lowest BCUT2D eigenvalue weighted by atomic mass is 10.1. The minimum absolute atomic E-state index is 0.0235. The van der Waals surface area contributed by atoms with E-state index in [1.807, 2.05) is 13.0 Å². The van der Waals surface area contributed by atoms with Gasteiger partial charge in [0.05, 0.1) is 21.3 Å². The summed E-state index contributed by atoms with van der Waals surface area (Å²) in [6.45, 7) is 2.58. The van der Waals surface area contributed by atoms with Crippen molar-refractivity contribution in [1.82, 2.24) is 5.32 Å². The van der Waals surface area contributed by atoms with Crippen LogP contribution in [-0.2, 0) is 4.79 Å². The zero-order valence-corrected chi connectivity index (χ0v) is 13.9. The van der Waals surface area contributed by atoms with Gasteiger partial charge in [0.15, 0.2) is 11.5 Å².